The third kappa shape index (κ3) is 3.79. The first-order chi connectivity index (χ1) is 10.7. The molecule has 1 N–H and O–H groups in total. The largest absolute Gasteiger partial charge is 0.494 e. The molecule has 0 aliphatic heterocycles. The van der Waals surface area contributed by atoms with Gasteiger partial charge >= 0.3 is 5.97 Å². The second kappa shape index (κ2) is 7.50. The van der Waals surface area contributed by atoms with Crippen molar-refractivity contribution in [3.05, 3.63) is 59.2 Å². The number of rotatable bonds is 7. The zero-order valence-corrected chi connectivity index (χ0v) is 12.8. The lowest BCUT2D eigenvalue weighted by Gasteiger charge is -2.15. The van der Waals surface area contributed by atoms with Crippen LogP contribution in [0.5, 0.6) is 11.5 Å². The molecule has 0 aromatic heterocycles. The maximum atomic E-state index is 11.5. The van der Waals surface area contributed by atoms with Gasteiger partial charge in [0.25, 0.3) is 0 Å². The van der Waals surface area contributed by atoms with E-state index >= 15 is 0 Å². The molecular formula is C18H20O4. The lowest BCUT2D eigenvalue weighted by atomic mass is 10.0. The highest BCUT2D eigenvalue weighted by molar-refractivity contribution is 5.92. The van der Waals surface area contributed by atoms with Crippen LogP contribution in [-0.2, 0) is 6.42 Å². The summed E-state index contributed by atoms with van der Waals surface area (Å²) in [7, 11) is 0. The summed E-state index contributed by atoms with van der Waals surface area (Å²) in [4.78, 5) is 11.5. The fourth-order valence-electron chi connectivity index (χ4n) is 2.33. The molecule has 0 heterocycles. The van der Waals surface area contributed by atoms with Crippen LogP contribution in [0.4, 0.5) is 0 Å². The predicted molar refractivity (Wildman–Crippen MR) is 85.0 cm³/mol. The van der Waals surface area contributed by atoms with Crippen LogP contribution in [0.1, 0.15) is 35.3 Å². The van der Waals surface area contributed by atoms with Crippen LogP contribution in [0.25, 0.3) is 0 Å². The molecule has 2 rings (SSSR count). The average molecular weight is 300 g/mol. The minimum atomic E-state index is -1.01. The number of hydrogen-bond acceptors (Lipinski definition) is 3. The Morgan fingerprint density at radius 3 is 2.32 bits per heavy atom. The van der Waals surface area contributed by atoms with Crippen molar-refractivity contribution in [2.45, 2.75) is 20.3 Å². The molecule has 0 aliphatic rings. The molecule has 0 saturated heterocycles. The molecule has 4 nitrogen and oxygen atoms in total. The predicted octanol–water partition coefficient (Wildman–Crippen LogP) is 3.77. The molecule has 0 unspecified atom stereocenters. The number of hydrogen-bond donors (Lipinski definition) is 1. The van der Waals surface area contributed by atoms with Crippen molar-refractivity contribution >= 4 is 5.97 Å². The second-order valence-electron chi connectivity index (χ2n) is 4.79. The molecule has 0 saturated carbocycles. The summed E-state index contributed by atoms with van der Waals surface area (Å²) in [6, 6.07) is 13.2. The van der Waals surface area contributed by atoms with Gasteiger partial charge in [-0.05, 0) is 31.5 Å². The van der Waals surface area contributed by atoms with Gasteiger partial charge in [-0.3, -0.25) is 0 Å². The van der Waals surface area contributed by atoms with Crippen LogP contribution in [0.15, 0.2) is 42.5 Å². The lowest BCUT2D eigenvalue weighted by Crippen LogP contribution is -2.07. The molecule has 22 heavy (non-hydrogen) atoms. The van der Waals surface area contributed by atoms with E-state index in [1.807, 2.05) is 50.2 Å². The van der Waals surface area contributed by atoms with Gasteiger partial charge in [-0.15, -0.1) is 0 Å². The van der Waals surface area contributed by atoms with Gasteiger partial charge in [-0.25, -0.2) is 4.79 Å². The van der Waals surface area contributed by atoms with Crippen LogP contribution in [0, 0.1) is 0 Å². The van der Waals surface area contributed by atoms with E-state index in [1.54, 1.807) is 0 Å². The number of carbonyl (C=O) groups is 1. The smallest absolute Gasteiger partial charge is 0.339 e. The average Bonchev–Trinajstić information content (AvgIpc) is 2.50. The van der Waals surface area contributed by atoms with Gasteiger partial charge in [-0.2, -0.15) is 0 Å². The highest BCUT2D eigenvalue weighted by atomic mass is 16.5. The summed E-state index contributed by atoms with van der Waals surface area (Å²) in [5.74, 6) is -0.0455. The minimum Gasteiger partial charge on any atom is -0.494 e. The summed E-state index contributed by atoms with van der Waals surface area (Å²) in [6.45, 7) is 4.61. The summed E-state index contributed by atoms with van der Waals surface area (Å²) in [6.07, 6.45) is 0.595. The van der Waals surface area contributed by atoms with Crippen molar-refractivity contribution < 1.29 is 19.4 Å². The molecule has 116 valence electrons. The van der Waals surface area contributed by atoms with Gasteiger partial charge in [0, 0.05) is 12.0 Å². The van der Waals surface area contributed by atoms with E-state index in [2.05, 4.69) is 0 Å². The third-order valence-electron chi connectivity index (χ3n) is 3.21. The molecule has 0 amide bonds. The molecule has 0 atom stereocenters. The van der Waals surface area contributed by atoms with Gasteiger partial charge in [0.15, 0.2) is 0 Å². The van der Waals surface area contributed by atoms with E-state index in [0.29, 0.717) is 31.1 Å². The molecule has 2 aromatic rings. The summed E-state index contributed by atoms with van der Waals surface area (Å²) >= 11 is 0. The van der Waals surface area contributed by atoms with Gasteiger partial charge in [-0.1, -0.05) is 30.3 Å². The van der Waals surface area contributed by atoms with E-state index in [-0.39, 0.29) is 5.56 Å². The molecule has 0 radical (unpaired) electrons. The normalized spacial score (nSPS) is 10.3. The Morgan fingerprint density at radius 2 is 1.73 bits per heavy atom. The van der Waals surface area contributed by atoms with Crippen molar-refractivity contribution in [1.29, 1.82) is 0 Å². The second-order valence-corrected chi connectivity index (χ2v) is 4.79. The Bertz CT molecular complexity index is 635. The van der Waals surface area contributed by atoms with E-state index in [0.717, 1.165) is 11.1 Å². The summed E-state index contributed by atoms with van der Waals surface area (Å²) in [5.41, 5.74) is 2.04. The Morgan fingerprint density at radius 1 is 1.05 bits per heavy atom. The van der Waals surface area contributed by atoms with Crippen molar-refractivity contribution in [2.75, 3.05) is 13.2 Å². The maximum Gasteiger partial charge on any atom is 0.339 e. The zero-order chi connectivity index (χ0) is 15.9. The highest BCUT2D eigenvalue weighted by Crippen LogP contribution is 2.31. The molecular weight excluding hydrogens is 280 g/mol. The molecule has 0 bridgehead atoms. The van der Waals surface area contributed by atoms with E-state index < -0.39 is 5.97 Å². The highest BCUT2D eigenvalue weighted by Gasteiger charge is 2.18. The van der Waals surface area contributed by atoms with Crippen LogP contribution < -0.4 is 9.47 Å². The third-order valence-corrected chi connectivity index (χ3v) is 3.21. The first-order valence-electron chi connectivity index (χ1n) is 7.35. The van der Waals surface area contributed by atoms with Crippen molar-refractivity contribution in [2.24, 2.45) is 0 Å². The Balaban J connectivity index is 2.49. The van der Waals surface area contributed by atoms with E-state index in [4.69, 9.17) is 9.47 Å². The number of carboxylic acid groups (broad SMARTS) is 1. The molecule has 0 aliphatic carbocycles. The first kappa shape index (κ1) is 15.9. The molecule has 0 spiro atoms. The first-order valence-corrected chi connectivity index (χ1v) is 7.35. The quantitative estimate of drug-likeness (QED) is 0.845. The number of ether oxygens (including phenoxy) is 2. The standard InChI is InChI=1S/C18H20O4/c1-3-21-15-11-14(10-13-8-6-5-7-9-13)17(22-4-2)16(12-15)18(19)20/h5-9,11-12H,3-4,10H2,1-2H3,(H,19,20). The van der Waals surface area contributed by atoms with Gasteiger partial charge in [0.2, 0.25) is 0 Å². The number of benzene rings is 2. The van der Waals surface area contributed by atoms with Gasteiger partial charge < -0.3 is 14.6 Å². The molecule has 0 fully saturated rings. The fraction of sp³-hybridized carbons (Fsp3) is 0.278. The number of aromatic carboxylic acids is 1. The van der Waals surface area contributed by atoms with Gasteiger partial charge in [0.1, 0.15) is 17.1 Å². The van der Waals surface area contributed by atoms with Crippen molar-refractivity contribution in [3.8, 4) is 11.5 Å². The van der Waals surface area contributed by atoms with Crippen LogP contribution >= 0.6 is 0 Å². The number of carboxylic acids is 1. The maximum absolute atomic E-state index is 11.5. The molecule has 2 aromatic carbocycles. The van der Waals surface area contributed by atoms with E-state index in [1.165, 1.54) is 6.07 Å². The topological polar surface area (TPSA) is 55.8 Å². The Hall–Kier alpha value is -2.49. The lowest BCUT2D eigenvalue weighted by molar-refractivity contribution is 0.0691. The van der Waals surface area contributed by atoms with Crippen molar-refractivity contribution in [1.82, 2.24) is 0 Å². The Kier molecular flexibility index (Phi) is 5.42. The monoisotopic (exact) mass is 300 g/mol. The van der Waals surface area contributed by atoms with Crippen LogP contribution in [0.3, 0.4) is 0 Å². The van der Waals surface area contributed by atoms with Crippen molar-refractivity contribution in [3.63, 3.8) is 0 Å². The fourth-order valence-corrected chi connectivity index (χ4v) is 2.33. The zero-order valence-electron chi connectivity index (χ0n) is 12.8. The summed E-state index contributed by atoms with van der Waals surface area (Å²) < 4.78 is 11.1. The summed E-state index contributed by atoms with van der Waals surface area (Å²) in [5, 5.41) is 9.44. The molecule has 4 heteroatoms. The van der Waals surface area contributed by atoms with Gasteiger partial charge in [0.05, 0.1) is 13.2 Å². The SMILES string of the molecule is CCOc1cc(Cc2ccccc2)c(OCC)c(C(=O)O)c1. The minimum absolute atomic E-state index is 0.138. The van der Waals surface area contributed by atoms with Crippen LogP contribution in [0.2, 0.25) is 0 Å². The van der Waals surface area contributed by atoms with Crippen LogP contribution in [-0.4, -0.2) is 24.3 Å². The van der Waals surface area contributed by atoms with E-state index in [9.17, 15) is 9.90 Å². The Labute approximate surface area is 130 Å².